The largest absolute Gasteiger partial charge is 0.379 e. The van der Waals surface area contributed by atoms with Gasteiger partial charge in [0.15, 0.2) is 0 Å². The molecule has 0 saturated carbocycles. The van der Waals surface area contributed by atoms with E-state index in [0.717, 1.165) is 38.4 Å². The van der Waals surface area contributed by atoms with Crippen molar-refractivity contribution in [3.8, 4) is 0 Å². The van der Waals surface area contributed by atoms with Crippen molar-refractivity contribution in [2.75, 3.05) is 32.3 Å². The van der Waals surface area contributed by atoms with E-state index in [0.29, 0.717) is 13.2 Å². The Bertz CT molecular complexity index is 68.9. The zero-order chi connectivity index (χ0) is 9.07. The Labute approximate surface area is 80.2 Å². The molecule has 0 heterocycles. The van der Waals surface area contributed by atoms with Gasteiger partial charge in [0.1, 0.15) is 0 Å². The van der Waals surface area contributed by atoms with Crippen molar-refractivity contribution in [2.45, 2.75) is 26.2 Å². The summed E-state index contributed by atoms with van der Waals surface area (Å²) in [6, 6.07) is 0. The molecular weight excluding hydrogens is 176 g/mol. The van der Waals surface area contributed by atoms with Crippen molar-refractivity contribution < 1.29 is 9.47 Å². The van der Waals surface area contributed by atoms with Gasteiger partial charge in [0.25, 0.3) is 0 Å². The molecule has 0 aliphatic rings. The van der Waals surface area contributed by atoms with Crippen LogP contribution in [0.5, 0.6) is 0 Å². The zero-order valence-electron chi connectivity index (χ0n) is 7.85. The molecule has 0 N–H and O–H groups in total. The van der Waals surface area contributed by atoms with E-state index in [-0.39, 0.29) is 0 Å². The van der Waals surface area contributed by atoms with Crippen molar-refractivity contribution in [3.63, 3.8) is 0 Å². The van der Waals surface area contributed by atoms with Crippen LogP contribution in [0.1, 0.15) is 26.2 Å². The number of rotatable bonds is 9. The van der Waals surface area contributed by atoms with Gasteiger partial charge >= 0.3 is 0 Å². The van der Waals surface area contributed by atoms with Crippen molar-refractivity contribution in [2.24, 2.45) is 0 Å². The second kappa shape index (κ2) is 11.2. The van der Waals surface area contributed by atoms with Gasteiger partial charge in [-0.3, -0.25) is 0 Å². The molecule has 74 valence electrons. The number of alkyl halides is 1. The van der Waals surface area contributed by atoms with Crippen LogP contribution in [0.25, 0.3) is 0 Å². The fraction of sp³-hybridized carbons (Fsp3) is 1.00. The monoisotopic (exact) mass is 194 g/mol. The van der Waals surface area contributed by atoms with Crippen LogP contribution in [-0.4, -0.2) is 32.3 Å². The lowest BCUT2D eigenvalue weighted by atomic mass is 10.3. The van der Waals surface area contributed by atoms with E-state index in [1.54, 1.807) is 0 Å². The van der Waals surface area contributed by atoms with Gasteiger partial charge in [-0.25, -0.2) is 0 Å². The summed E-state index contributed by atoms with van der Waals surface area (Å²) in [4.78, 5) is 0. The summed E-state index contributed by atoms with van der Waals surface area (Å²) in [7, 11) is 0. The first kappa shape index (κ1) is 12.2. The zero-order valence-corrected chi connectivity index (χ0v) is 8.61. The summed E-state index contributed by atoms with van der Waals surface area (Å²) in [6.45, 7) is 5.03. The number of halogens is 1. The molecule has 12 heavy (non-hydrogen) atoms. The highest BCUT2D eigenvalue weighted by Crippen LogP contribution is 1.97. The van der Waals surface area contributed by atoms with Gasteiger partial charge < -0.3 is 9.47 Å². The van der Waals surface area contributed by atoms with Gasteiger partial charge in [0.05, 0.1) is 13.2 Å². The van der Waals surface area contributed by atoms with E-state index in [1.165, 1.54) is 0 Å². The number of hydrogen-bond acceptors (Lipinski definition) is 2. The normalized spacial score (nSPS) is 10.5. The molecule has 0 aromatic rings. The van der Waals surface area contributed by atoms with Gasteiger partial charge in [-0.15, -0.1) is 11.6 Å². The van der Waals surface area contributed by atoms with E-state index in [2.05, 4.69) is 0 Å². The molecule has 0 bridgehead atoms. The van der Waals surface area contributed by atoms with E-state index in [4.69, 9.17) is 21.1 Å². The predicted octanol–water partition coefficient (Wildman–Crippen LogP) is 2.45. The van der Waals surface area contributed by atoms with E-state index < -0.39 is 0 Å². The standard InChI is InChI=1S/C9H19ClO2/c1-2-11-8-9-12-7-5-3-4-6-10/h2-9H2,1H3. The molecule has 0 saturated heterocycles. The summed E-state index contributed by atoms with van der Waals surface area (Å²) >= 11 is 5.52. The molecule has 2 nitrogen and oxygen atoms in total. The maximum Gasteiger partial charge on any atom is 0.0700 e. The maximum absolute atomic E-state index is 5.52. The third kappa shape index (κ3) is 10.2. The topological polar surface area (TPSA) is 18.5 Å². The Morgan fingerprint density at radius 2 is 1.67 bits per heavy atom. The number of ether oxygens (including phenoxy) is 2. The van der Waals surface area contributed by atoms with Crippen LogP contribution in [0.15, 0.2) is 0 Å². The second-order valence-electron chi connectivity index (χ2n) is 2.56. The molecule has 0 spiro atoms. The van der Waals surface area contributed by atoms with Crippen LogP contribution in [-0.2, 0) is 9.47 Å². The second-order valence-corrected chi connectivity index (χ2v) is 2.94. The summed E-state index contributed by atoms with van der Waals surface area (Å²) in [5.74, 6) is 0.763. The fourth-order valence-corrected chi connectivity index (χ4v) is 1.03. The third-order valence-electron chi connectivity index (χ3n) is 1.50. The highest BCUT2D eigenvalue weighted by molar-refractivity contribution is 6.17. The SMILES string of the molecule is CCOCCOCCCCCCl. The molecule has 0 fully saturated rings. The van der Waals surface area contributed by atoms with Gasteiger partial charge in [-0.2, -0.15) is 0 Å². The lowest BCUT2D eigenvalue weighted by molar-refractivity contribution is 0.0514. The summed E-state index contributed by atoms with van der Waals surface area (Å²) in [5.41, 5.74) is 0. The molecule has 0 aromatic heterocycles. The smallest absolute Gasteiger partial charge is 0.0700 e. The Kier molecular flexibility index (Phi) is 11.4. The lowest BCUT2D eigenvalue weighted by Gasteiger charge is -2.03. The first-order valence-electron chi connectivity index (χ1n) is 4.63. The third-order valence-corrected chi connectivity index (χ3v) is 1.77. The highest BCUT2D eigenvalue weighted by atomic mass is 35.5. The Balaban J connectivity index is 2.73. The van der Waals surface area contributed by atoms with Crippen LogP contribution in [0.2, 0.25) is 0 Å². The average molecular weight is 195 g/mol. The number of hydrogen-bond donors (Lipinski definition) is 0. The molecule has 0 amide bonds. The molecule has 0 aliphatic heterocycles. The summed E-state index contributed by atoms with van der Waals surface area (Å²) < 4.78 is 10.4. The van der Waals surface area contributed by atoms with E-state index in [1.807, 2.05) is 6.92 Å². The minimum absolute atomic E-state index is 0.714. The Hall–Kier alpha value is 0.210. The molecule has 0 atom stereocenters. The van der Waals surface area contributed by atoms with Crippen molar-refractivity contribution in [1.82, 2.24) is 0 Å². The molecule has 0 aliphatic carbocycles. The minimum Gasteiger partial charge on any atom is -0.379 e. The van der Waals surface area contributed by atoms with Crippen molar-refractivity contribution in [3.05, 3.63) is 0 Å². The molecule has 0 rings (SSSR count). The van der Waals surface area contributed by atoms with Gasteiger partial charge in [0.2, 0.25) is 0 Å². The van der Waals surface area contributed by atoms with Crippen molar-refractivity contribution >= 4 is 11.6 Å². The van der Waals surface area contributed by atoms with Crippen LogP contribution in [0, 0.1) is 0 Å². The molecular formula is C9H19ClO2. The first-order chi connectivity index (χ1) is 5.91. The highest BCUT2D eigenvalue weighted by Gasteiger charge is 1.89. The van der Waals surface area contributed by atoms with Crippen LogP contribution in [0.4, 0.5) is 0 Å². The maximum atomic E-state index is 5.52. The van der Waals surface area contributed by atoms with E-state index in [9.17, 15) is 0 Å². The average Bonchev–Trinajstić information content (AvgIpc) is 2.10. The molecule has 0 radical (unpaired) electrons. The summed E-state index contributed by atoms with van der Waals surface area (Å²) in [6.07, 6.45) is 3.37. The molecule has 0 unspecified atom stereocenters. The van der Waals surface area contributed by atoms with Gasteiger partial charge in [-0.05, 0) is 26.2 Å². The number of unbranched alkanes of at least 4 members (excludes halogenated alkanes) is 2. The summed E-state index contributed by atoms with van der Waals surface area (Å²) in [5, 5.41) is 0. The van der Waals surface area contributed by atoms with Crippen LogP contribution < -0.4 is 0 Å². The van der Waals surface area contributed by atoms with E-state index >= 15 is 0 Å². The quantitative estimate of drug-likeness (QED) is 0.415. The lowest BCUT2D eigenvalue weighted by Crippen LogP contribution is -2.04. The predicted molar refractivity (Wildman–Crippen MR) is 51.9 cm³/mol. The van der Waals surface area contributed by atoms with Crippen molar-refractivity contribution in [1.29, 1.82) is 0 Å². The Morgan fingerprint density at radius 3 is 2.33 bits per heavy atom. The molecule has 0 aromatic carbocycles. The van der Waals surface area contributed by atoms with Gasteiger partial charge in [0, 0.05) is 19.1 Å². The minimum atomic E-state index is 0.714. The van der Waals surface area contributed by atoms with Crippen LogP contribution in [0.3, 0.4) is 0 Å². The first-order valence-corrected chi connectivity index (χ1v) is 5.16. The Morgan fingerprint density at radius 1 is 0.917 bits per heavy atom. The van der Waals surface area contributed by atoms with Crippen LogP contribution >= 0.6 is 11.6 Å². The molecule has 3 heteroatoms. The fourth-order valence-electron chi connectivity index (χ4n) is 0.840. The van der Waals surface area contributed by atoms with Gasteiger partial charge in [-0.1, -0.05) is 0 Å².